The van der Waals surface area contributed by atoms with Crippen molar-refractivity contribution >= 4 is 13.1 Å². The van der Waals surface area contributed by atoms with Gasteiger partial charge >= 0.3 is 0 Å². The van der Waals surface area contributed by atoms with Crippen LogP contribution in [0.15, 0.2) is 60.7 Å². The Labute approximate surface area is 96.9 Å². The molecule has 2 aromatic carbocycles. The van der Waals surface area contributed by atoms with Crippen LogP contribution >= 0.6 is 7.80 Å². The summed E-state index contributed by atoms with van der Waals surface area (Å²) in [6.07, 6.45) is 0. The fraction of sp³-hybridized carbons (Fsp3) is 0.143. The number of hydrogen-bond acceptors (Lipinski definition) is 1. The lowest BCUT2D eigenvalue weighted by Crippen LogP contribution is -1.99. The molecule has 0 N–H and O–H groups in total. The second-order valence-corrected chi connectivity index (χ2v) is 6.03. The van der Waals surface area contributed by atoms with Crippen LogP contribution in [0.4, 0.5) is 0 Å². The van der Waals surface area contributed by atoms with E-state index in [-0.39, 0.29) is 5.66 Å². The van der Waals surface area contributed by atoms with Gasteiger partial charge in [0.25, 0.3) is 0 Å². The Morgan fingerprint density at radius 1 is 0.875 bits per heavy atom. The Bertz CT molecular complexity index is 465. The molecule has 0 heterocycles. The summed E-state index contributed by atoms with van der Waals surface area (Å²) in [5, 5.41) is 0.962. The highest BCUT2D eigenvalue weighted by Gasteiger charge is 2.14. The summed E-state index contributed by atoms with van der Waals surface area (Å²) >= 11 is 0. The molecule has 0 saturated heterocycles. The minimum atomic E-state index is -1.75. The molecule has 2 atom stereocenters. The second kappa shape index (κ2) is 5.14. The van der Waals surface area contributed by atoms with E-state index in [4.69, 9.17) is 0 Å². The van der Waals surface area contributed by atoms with Gasteiger partial charge in [0.15, 0.2) is 0 Å². The second-order valence-electron chi connectivity index (χ2n) is 3.86. The van der Waals surface area contributed by atoms with Gasteiger partial charge < -0.3 is 4.57 Å². The van der Waals surface area contributed by atoms with Gasteiger partial charge in [0, 0.05) is 11.0 Å². The van der Waals surface area contributed by atoms with Gasteiger partial charge in [-0.2, -0.15) is 0 Å². The van der Waals surface area contributed by atoms with Crippen molar-refractivity contribution < 1.29 is 4.57 Å². The van der Waals surface area contributed by atoms with Gasteiger partial charge in [-0.05, 0) is 5.56 Å². The SMILES string of the molecule is CC(c1ccccc1)[P@H](=O)c1ccccc1. The fourth-order valence-corrected chi connectivity index (χ4v) is 3.26. The molecule has 2 rings (SSSR count). The Morgan fingerprint density at radius 2 is 1.38 bits per heavy atom. The van der Waals surface area contributed by atoms with E-state index in [2.05, 4.69) is 0 Å². The molecular formula is C14H15OP. The summed E-state index contributed by atoms with van der Waals surface area (Å²) in [4.78, 5) is 0. The minimum Gasteiger partial charge on any atom is -0.321 e. The first-order valence-electron chi connectivity index (χ1n) is 5.43. The maximum absolute atomic E-state index is 12.3. The van der Waals surface area contributed by atoms with Crippen LogP contribution in [0.5, 0.6) is 0 Å². The average molecular weight is 230 g/mol. The molecule has 2 aromatic rings. The van der Waals surface area contributed by atoms with Gasteiger partial charge in [0.05, 0.1) is 0 Å². The molecule has 0 aromatic heterocycles. The van der Waals surface area contributed by atoms with E-state index in [1.54, 1.807) is 0 Å². The quantitative estimate of drug-likeness (QED) is 0.736. The van der Waals surface area contributed by atoms with Crippen LogP contribution < -0.4 is 5.30 Å². The van der Waals surface area contributed by atoms with E-state index < -0.39 is 7.80 Å². The zero-order valence-corrected chi connectivity index (χ0v) is 10.3. The van der Waals surface area contributed by atoms with Crippen molar-refractivity contribution in [3.63, 3.8) is 0 Å². The zero-order valence-electron chi connectivity index (χ0n) is 9.26. The number of rotatable bonds is 3. The summed E-state index contributed by atoms with van der Waals surface area (Å²) in [6.45, 7) is 2.03. The Hall–Kier alpha value is -1.33. The number of benzene rings is 2. The normalized spacial score (nSPS) is 14.3. The lowest BCUT2D eigenvalue weighted by atomic mass is 10.2. The van der Waals surface area contributed by atoms with E-state index >= 15 is 0 Å². The van der Waals surface area contributed by atoms with Gasteiger partial charge in [0.2, 0.25) is 0 Å². The molecule has 2 heteroatoms. The van der Waals surface area contributed by atoms with E-state index in [9.17, 15) is 4.57 Å². The van der Waals surface area contributed by atoms with Crippen molar-refractivity contribution in [2.75, 3.05) is 0 Å². The third-order valence-electron chi connectivity index (χ3n) is 2.75. The molecule has 0 aliphatic heterocycles. The Kier molecular flexibility index (Phi) is 3.58. The molecule has 0 aliphatic rings. The Morgan fingerprint density at radius 3 is 1.94 bits per heavy atom. The molecule has 0 aliphatic carbocycles. The van der Waals surface area contributed by atoms with Gasteiger partial charge in [-0.1, -0.05) is 67.6 Å². The standard InChI is InChI=1S/C14H15OP/c1-12(13-8-4-2-5-9-13)16(15)14-10-6-3-7-11-14/h2-12,16H,1H3. The first-order valence-corrected chi connectivity index (χ1v) is 6.92. The minimum absolute atomic E-state index is 0.105. The monoisotopic (exact) mass is 230 g/mol. The summed E-state index contributed by atoms with van der Waals surface area (Å²) in [6, 6.07) is 19.8. The van der Waals surface area contributed by atoms with Gasteiger partial charge in [-0.15, -0.1) is 0 Å². The first-order chi connectivity index (χ1) is 7.79. The van der Waals surface area contributed by atoms with Crippen molar-refractivity contribution in [3.8, 4) is 0 Å². The molecule has 0 radical (unpaired) electrons. The number of hydrogen-bond donors (Lipinski definition) is 0. The Balaban J connectivity index is 2.24. The highest BCUT2D eigenvalue weighted by atomic mass is 31.1. The van der Waals surface area contributed by atoms with Gasteiger partial charge in [0.1, 0.15) is 7.80 Å². The molecule has 0 spiro atoms. The largest absolute Gasteiger partial charge is 0.321 e. The molecule has 0 amide bonds. The fourth-order valence-electron chi connectivity index (χ4n) is 1.75. The topological polar surface area (TPSA) is 17.1 Å². The van der Waals surface area contributed by atoms with Crippen molar-refractivity contribution in [1.29, 1.82) is 0 Å². The molecule has 1 unspecified atom stereocenters. The van der Waals surface area contributed by atoms with Crippen molar-refractivity contribution in [2.45, 2.75) is 12.6 Å². The maximum atomic E-state index is 12.3. The maximum Gasteiger partial charge on any atom is 0.111 e. The highest BCUT2D eigenvalue weighted by molar-refractivity contribution is 7.53. The zero-order chi connectivity index (χ0) is 11.4. The van der Waals surface area contributed by atoms with E-state index in [1.807, 2.05) is 67.6 Å². The molecule has 0 fully saturated rings. The van der Waals surface area contributed by atoms with Crippen LogP contribution in [0.25, 0.3) is 0 Å². The van der Waals surface area contributed by atoms with E-state index in [1.165, 1.54) is 0 Å². The smallest absolute Gasteiger partial charge is 0.111 e. The molecular weight excluding hydrogens is 215 g/mol. The summed E-state index contributed by atoms with van der Waals surface area (Å²) in [5.74, 6) is 0. The third-order valence-corrected chi connectivity index (χ3v) is 4.77. The van der Waals surface area contributed by atoms with Crippen molar-refractivity contribution in [1.82, 2.24) is 0 Å². The van der Waals surface area contributed by atoms with Crippen LogP contribution in [0.1, 0.15) is 18.1 Å². The van der Waals surface area contributed by atoms with E-state index in [0.29, 0.717) is 0 Å². The highest BCUT2D eigenvalue weighted by Crippen LogP contribution is 2.39. The first kappa shape index (κ1) is 11.2. The molecule has 16 heavy (non-hydrogen) atoms. The van der Waals surface area contributed by atoms with Crippen LogP contribution in [0.2, 0.25) is 0 Å². The molecule has 0 bridgehead atoms. The van der Waals surface area contributed by atoms with E-state index in [0.717, 1.165) is 10.9 Å². The molecule has 82 valence electrons. The third kappa shape index (κ3) is 2.43. The van der Waals surface area contributed by atoms with Gasteiger partial charge in [-0.3, -0.25) is 0 Å². The molecule has 0 saturated carbocycles. The van der Waals surface area contributed by atoms with Crippen LogP contribution in [-0.2, 0) is 4.57 Å². The van der Waals surface area contributed by atoms with Crippen LogP contribution in [0.3, 0.4) is 0 Å². The lowest BCUT2D eigenvalue weighted by Gasteiger charge is -2.11. The predicted molar refractivity (Wildman–Crippen MR) is 69.9 cm³/mol. The summed E-state index contributed by atoms with van der Waals surface area (Å²) in [5.41, 5.74) is 1.25. The summed E-state index contributed by atoms with van der Waals surface area (Å²) < 4.78 is 12.3. The van der Waals surface area contributed by atoms with Crippen LogP contribution in [-0.4, -0.2) is 0 Å². The van der Waals surface area contributed by atoms with Crippen molar-refractivity contribution in [2.24, 2.45) is 0 Å². The predicted octanol–water partition coefficient (Wildman–Crippen LogP) is 3.63. The van der Waals surface area contributed by atoms with Crippen molar-refractivity contribution in [3.05, 3.63) is 66.2 Å². The average Bonchev–Trinajstić information content (AvgIpc) is 2.39. The lowest BCUT2D eigenvalue weighted by molar-refractivity contribution is 0.587. The summed E-state index contributed by atoms with van der Waals surface area (Å²) in [7, 11) is -1.75. The van der Waals surface area contributed by atoms with Gasteiger partial charge in [-0.25, -0.2) is 0 Å². The molecule has 1 nitrogen and oxygen atoms in total. The van der Waals surface area contributed by atoms with Crippen LogP contribution in [0, 0.1) is 0 Å².